The molecule has 3 amide bonds. The number of carbonyl (C=O) groups excluding carboxylic acids is 3. The van der Waals surface area contributed by atoms with Gasteiger partial charge in [0.05, 0.1) is 0 Å². The summed E-state index contributed by atoms with van der Waals surface area (Å²) in [7, 11) is 0. The van der Waals surface area contributed by atoms with Gasteiger partial charge in [0.1, 0.15) is 18.1 Å². The average Bonchev–Trinajstić information content (AvgIpc) is 2.61. The number of aliphatic carboxylic acids is 1. The van der Waals surface area contributed by atoms with Crippen LogP contribution in [-0.4, -0.2) is 53.5 Å². The summed E-state index contributed by atoms with van der Waals surface area (Å²) in [4.78, 5) is 47.8. The molecular weight excluding hydrogens is 352 g/mol. The van der Waals surface area contributed by atoms with E-state index in [2.05, 4.69) is 16.0 Å². The van der Waals surface area contributed by atoms with E-state index in [9.17, 15) is 24.3 Å². The Hall–Kier alpha value is -2.16. The Kier molecular flexibility index (Phi) is 12.0. The lowest BCUT2D eigenvalue weighted by atomic mass is 9.99. The van der Waals surface area contributed by atoms with E-state index in [4.69, 9.17) is 5.73 Å². The Balaban J connectivity index is 4.90. The van der Waals surface area contributed by atoms with Gasteiger partial charge in [0.2, 0.25) is 17.7 Å². The fourth-order valence-corrected chi connectivity index (χ4v) is 2.42. The summed E-state index contributed by atoms with van der Waals surface area (Å²) < 4.78 is 0. The number of nitrogens with one attached hydrogen (secondary N) is 3. The molecule has 0 aromatic rings. The number of carboxylic acids is 1. The summed E-state index contributed by atoms with van der Waals surface area (Å²) in [6, 6.07) is -2.72. The van der Waals surface area contributed by atoms with Gasteiger partial charge < -0.3 is 26.8 Å². The average molecular weight is 386 g/mol. The Morgan fingerprint density at radius 2 is 1.63 bits per heavy atom. The highest BCUT2D eigenvalue weighted by molar-refractivity contribution is 5.93. The summed E-state index contributed by atoms with van der Waals surface area (Å²) in [5.41, 5.74) is 5.35. The van der Waals surface area contributed by atoms with Crippen LogP contribution in [0.25, 0.3) is 0 Å². The third-order valence-corrected chi connectivity index (χ3v) is 4.40. The second-order valence-corrected chi connectivity index (χ2v) is 6.74. The Bertz CT molecular complexity index is 512. The minimum atomic E-state index is -1.12. The molecule has 0 heterocycles. The van der Waals surface area contributed by atoms with Gasteiger partial charge in [0, 0.05) is 13.0 Å². The fourth-order valence-electron chi connectivity index (χ4n) is 2.42. The zero-order chi connectivity index (χ0) is 21.0. The van der Waals surface area contributed by atoms with Crippen LogP contribution < -0.4 is 21.7 Å². The number of nitrogens with two attached hydrogens (primary N) is 1. The van der Waals surface area contributed by atoms with Gasteiger partial charge in [-0.15, -0.1) is 0 Å². The Labute approximate surface area is 160 Å². The van der Waals surface area contributed by atoms with Crippen LogP contribution in [0.2, 0.25) is 0 Å². The summed E-state index contributed by atoms with van der Waals surface area (Å²) >= 11 is 0. The van der Waals surface area contributed by atoms with E-state index in [1.807, 2.05) is 13.8 Å². The van der Waals surface area contributed by atoms with Crippen LogP contribution in [0.3, 0.4) is 0 Å². The van der Waals surface area contributed by atoms with Crippen molar-refractivity contribution in [2.45, 2.75) is 77.9 Å². The molecule has 0 rings (SSSR count). The molecule has 0 unspecified atom stereocenters. The lowest BCUT2D eigenvalue weighted by Gasteiger charge is -2.24. The topological polar surface area (TPSA) is 151 Å². The molecule has 0 spiro atoms. The first-order valence-electron chi connectivity index (χ1n) is 9.50. The molecule has 6 N–H and O–H groups in total. The van der Waals surface area contributed by atoms with Crippen LogP contribution in [0.1, 0.15) is 59.8 Å². The molecule has 9 nitrogen and oxygen atoms in total. The van der Waals surface area contributed by atoms with Crippen LogP contribution >= 0.6 is 0 Å². The van der Waals surface area contributed by atoms with Crippen molar-refractivity contribution in [1.82, 2.24) is 16.0 Å². The van der Waals surface area contributed by atoms with Crippen molar-refractivity contribution < 1.29 is 24.3 Å². The first kappa shape index (κ1) is 24.8. The molecule has 27 heavy (non-hydrogen) atoms. The maximum Gasteiger partial charge on any atom is 0.326 e. The predicted molar refractivity (Wildman–Crippen MR) is 102 cm³/mol. The molecule has 0 aliphatic heterocycles. The molecule has 0 aromatic carbocycles. The highest BCUT2D eigenvalue weighted by atomic mass is 16.4. The smallest absolute Gasteiger partial charge is 0.326 e. The highest BCUT2D eigenvalue weighted by Crippen LogP contribution is 2.08. The van der Waals surface area contributed by atoms with Gasteiger partial charge in [-0.05, 0) is 19.3 Å². The maximum atomic E-state index is 12.5. The lowest BCUT2D eigenvalue weighted by molar-refractivity contribution is -0.143. The normalized spacial score (nSPS) is 15.1. The van der Waals surface area contributed by atoms with Crippen molar-refractivity contribution in [2.75, 3.05) is 6.54 Å². The largest absolute Gasteiger partial charge is 0.480 e. The fraction of sp³-hybridized carbons (Fsp3) is 0.778. The summed E-state index contributed by atoms with van der Waals surface area (Å²) in [6.07, 6.45) is 2.72. The van der Waals surface area contributed by atoms with Crippen molar-refractivity contribution in [2.24, 2.45) is 11.7 Å². The van der Waals surface area contributed by atoms with Gasteiger partial charge >= 0.3 is 5.97 Å². The summed E-state index contributed by atoms with van der Waals surface area (Å²) in [5, 5.41) is 16.9. The van der Waals surface area contributed by atoms with Crippen molar-refractivity contribution >= 4 is 23.7 Å². The number of carbonyl (C=O) groups is 4. The van der Waals surface area contributed by atoms with Gasteiger partial charge in [0.25, 0.3) is 0 Å². The molecule has 4 atom stereocenters. The number of hydrogen-bond donors (Lipinski definition) is 5. The second-order valence-electron chi connectivity index (χ2n) is 6.74. The molecule has 0 fully saturated rings. The van der Waals surface area contributed by atoms with Crippen LogP contribution in [0.5, 0.6) is 0 Å². The quantitative estimate of drug-likeness (QED) is 0.303. The molecule has 0 radical (unpaired) electrons. The third-order valence-electron chi connectivity index (χ3n) is 4.40. The van der Waals surface area contributed by atoms with E-state index in [0.29, 0.717) is 12.8 Å². The predicted octanol–water partition coefficient (Wildman–Crippen LogP) is 0.130. The molecule has 0 saturated carbocycles. The lowest BCUT2D eigenvalue weighted by Crippen LogP contribution is -2.55. The number of hydrogen-bond acceptors (Lipinski definition) is 5. The number of carboxylic acid groups (broad SMARTS) is 1. The van der Waals surface area contributed by atoms with Gasteiger partial charge in [-0.3, -0.25) is 14.4 Å². The van der Waals surface area contributed by atoms with E-state index in [1.54, 1.807) is 6.92 Å². The van der Waals surface area contributed by atoms with E-state index < -0.39 is 35.9 Å². The van der Waals surface area contributed by atoms with Gasteiger partial charge in [-0.2, -0.15) is 0 Å². The molecule has 9 heteroatoms. The molecule has 0 aromatic heterocycles. The molecule has 0 saturated heterocycles. The van der Waals surface area contributed by atoms with Crippen molar-refractivity contribution in [3.05, 3.63) is 0 Å². The molecule has 156 valence electrons. The molecule has 0 aliphatic carbocycles. The third kappa shape index (κ3) is 9.37. The number of rotatable bonds is 13. The molecular formula is C18H34N4O5. The second kappa shape index (κ2) is 13.1. The van der Waals surface area contributed by atoms with Gasteiger partial charge in [-0.1, -0.05) is 40.0 Å². The van der Waals surface area contributed by atoms with E-state index >= 15 is 0 Å². The van der Waals surface area contributed by atoms with Crippen molar-refractivity contribution in [3.8, 4) is 0 Å². The zero-order valence-corrected chi connectivity index (χ0v) is 16.7. The zero-order valence-electron chi connectivity index (χ0n) is 16.7. The Morgan fingerprint density at radius 1 is 1.00 bits per heavy atom. The molecule has 0 aliphatic rings. The highest BCUT2D eigenvalue weighted by Gasteiger charge is 2.29. The van der Waals surface area contributed by atoms with E-state index in [0.717, 1.165) is 12.8 Å². The Morgan fingerprint density at radius 3 is 2.11 bits per heavy atom. The minimum Gasteiger partial charge on any atom is -0.480 e. The SMILES string of the molecule is CCCC[C@H](NC(=O)CCN)C(=O)N[C@@H](C)C(=O)N[C@H](C(=O)O)[C@@H](C)CC. The standard InChI is InChI=1S/C18H34N4O5/c1-5-7-8-13(21-14(23)9-10-19)17(25)20-12(4)16(24)22-15(18(26)27)11(3)6-2/h11-13,15H,5-10,19H2,1-4H3,(H,20,25)(H,21,23)(H,22,24)(H,26,27)/t11-,12-,13-,15-/m0/s1. The summed E-state index contributed by atoms with van der Waals surface area (Å²) in [6.45, 7) is 7.18. The van der Waals surface area contributed by atoms with E-state index in [-0.39, 0.29) is 24.8 Å². The first-order valence-corrected chi connectivity index (χ1v) is 9.50. The van der Waals surface area contributed by atoms with Crippen molar-refractivity contribution in [1.29, 1.82) is 0 Å². The van der Waals surface area contributed by atoms with Crippen molar-refractivity contribution in [3.63, 3.8) is 0 Å². The number of unbranched alkanes of at least 4 members (excludes halogenated alkanes) is 1. The number of amides is 3. The molecule has 0 bridgehead atoms. The van der Waals surface area contributed by atoms with Gasteiger partial charge in [0.15, 0.2) is 0 Å². The minimum absolute atomic E-state index is 0.112. The first-order chi connectivity index (χ1) is 12.7. The van der Waals surface area contributed by atoms with Crippen LogP contribution in [0.4, 0.5) is 0 Å². The van der Waals surface area contributed by atoms with E-state index in [1.165, 1.54) is 6.92 Å². The monoisotopic (exact) mass is 386 g/mol. The maximum absolute atomic E-state index is 12.5. The van der Waals surface area contributed by atoms with Crippen LogP contribution in [-0.2, 0) is 19.2 Å². The van der Waals surface area contributed by atoms with Gasteiger partial charge in [-0.25, -0.2) is 4.79 Å². The summed E-state index contributed by atoms with van der Waals surface area (Å²) in [5.74, 6) is -2.76. The van der Waals surface area contributed by atoms with Crippen LogP contribution in [0, 0.1) is 5.92 Å². The van der Waals surface area contributed by atoms with Crippen LogP contribution in [0.15, 0.2) is 0 Å².